The second-order valence-electron chi connectivity index (χ2n) is 4.11. The highest BCUT2D eigenvalue weighted by Gasteiger charge is 2.24. The van der Waals surface area contributed by atoms with E-state index in [-0.39, 0.29) is 0 Å². The zero-order chi connectivity index (χ0) is 10.8. The zero-order valence-corrected chi connectivity index (χ0v) is 9.66. The Hall–Kier alpha value is -1.03. The Morgan fingerprint density at radius 2 is 2.47 bits per heavy atom. The average molecular weight is 209 g/mol. The fraction of sp³-hybridized carbons (Fsp3) is 0.727. The number of ether oxygens (including phenoxy) is 1. The highest BCUT2D eigenvalue weighted by molar-refractivity contribution is 5.38. The third-order valence-corrected chi connectivity index (χ3v) is 3.00. The summed E-state index contributed by atoms with van der Waals surface area (Å²) in [5.41, 5.74) is 1.13. The van der Waals surface area contributed by atoms with Crippen LogP contribution in [0.3, 0.4) is 0 Å². The molecule has 84 valence electrons. The summed E-state index contributed by atoms with van der Waals surface area (Å²) >= 11 is 0. The van der Waals surface area contributed by atoms with E-state index in [1.807, 2.05) is 11.7 Å². The number of hydrogen-bond donors (Lipinski definition) is 1. The molecule has 1 N–H and O–H groups in total. The first-order valence-corrected chi connectivity index (χ1v) is 5.61. The van der Waals surface area contributed by atoms with Gasteiger partial charge in [0, 0.05) is 19.7 Å². The molecular formula is C11H19N3O. The van der Waals surface area contributed by atoms with Crippen LogP contribution in [-0.4, -0.2) is 28.5 Å². The van der Waals surface area contributed by atoms with Crippen molar-refractivity contribution in [3.63, 3.8) is 0 Å². The number of rotatable bonds is 3. The van der Waals surface area contributed by atoms with E-state index in [0.29, 0.717) is 12.1 Å². The van der Waals surface area contributed by atoms with Gasteiger partial charge in [0.1, 0.15) is 5.82 Å². The van der Waals surface area contributed by atoms with Crippen molar-refractivity contribution in [3.05, 3.63) is 11.8 Å². The van der Waals surface area contributed by atoms with Crippen LogP contribution < -0.4 is 5.32 Å². The van der Waals surface area contributed by atoms with Crippen molar-refractivity contribution >= 4 is 5.82 Å². The molecule has 15 heavy (non-hydrogen) atoms. The van der Waals surface area contributed by atoms with Gasteiger partial charge in [0.05, 0.1) is 17.8 Å². The van der Waals surface area contributed by atoms with Crippen LogP contribution in [0.1, 0.15) is 26.0 Å². The number of nitrogens with one attached hydrogen (secondary N) is 1. The third kappa shape index (κ3) is 2.15. The van der Waals surface area contributed by atoms with E-state index in [4.69, 9.17) is 4.74 Å². The van der Waals surface area contributed by atoms with E-state index < -0.39 is 0 Å². The van der Waals surface area contributed by atoms with Gasteiger partial charge in [0.25, 0.3) is 0 Å². The molecule has 1 aliphatic rings. The fourth-order valence-electron chi connectivity index (χ4n) is 1.95. The molecule has 2 rings (SSSR count). The second kappa shape index (κ2) is 4.23. The standard InChI is InChI=1S/C11H19N3O/c1-4-9-7-11(14(3)13-9)12-10-5-6-15-8(10)2/h7-8,10,12H,4-6H2,1-3H3/t8-,10-/m1/s1. The third-order valence-electron chi connectivity index (χ3n) is 3.00. The average Bonchev–Trinajstić information content (AvgIpc) is 2.76. The zero-order valence-electron chi connectivity index (χ0n) is 9.66. The Balaban J connectivity index is 2.06. The van der Waals surface area contributed by atoms with Gasteiger partial charge >= 0.3 is 0 Å². The number of aryl methyl sites for hydroxylation is 2. The van der Waals surface area contributed by atoms with Crippen molar-refractivity contribution in [2.24, 2.45) is 7.05 Å². The van der Waals surface area contributed by atoms with E-state index in [9.17, 15) is 0 Å². The molecule has 0 saturated carbocycles. The number of anilines is 1. The van der Waals surface area contributed by atoms with Crippen molar-refractivity contribution in [1.29, 1.82) is 0 Å². The molecule has 2 heterocycles. The van der Waals surface area contributed by atoms with Crippen molar-refractivity contribution < 1.29 is 4.74 Å². The minimum Gasteiger partial charge on any atom is -0.376 e. The molecule has 2 atom stereocenters. The lowest BCUT2D eigenvalue weighted by molar-refractivity contribution is 0.121. The van der Waals surface area contributed by atoms with Crippen LogP contribution in [0.25, 0.3) is 0 Å². The van der Waals surface area contributed by atoms with Gasteiger partial charge < -0.3 is 10.1 Å². The molecule has 0 amide bonds. The predicted molar refractivity (Wildman–Crippen MR) is 60.0 cm³/mol. The lowest BCUT2D eigenvalue weighted by Crippen LogP contribution is -2.27. The van der Waals surface area contributed by atoms with Gasteiger partial charge in [-0.05, 0) is 19.8 Å². The number of aromatic nitrogens is 2. The number of nitrogens with zero attached hydrogens (tertiary/aromatic N) is 2. The van der Waals surface area contributed by atoms with Crippen LogP contribution in [0.4, 0.5) is 5.82 Å². The molecule has 0 aliphatic carbocycles. The van der Waals surface area contributed by atoms with Gasteiger partial charge in [0.2, 0.25) is 0 Å². The topological polar surface area (TPSA) is 39.1 Å². The van der Waals surface area contributed by atoms with Gasteiger partial charge in [-0.25, -0.2) is 0 Å². The van der Waals surface area contributed by atoms with Crippen LogP contribution in [0, 0.1) is 0 Å². The van der Waals surface area contributed by atoms with Gasteiger partial charge in [-0.2, -0.15) is 5.10 Å². The van der Waals surface area contributed by atoms with Gasteiger partial charge in [-0.3, -0.25) is 4.68 Å². The van der Waals surface area contributed by atoms with Crippen molar-refractivity contribution in [2.75, 3.05) is 11.9 Å². The SMILES string of the molecule is CCc1cc(N[C@@H]2CCO[C@@H]2C)n(C)n1. The highest BCUT2D eigenvalue weighted by Crippen LogP contribution is 2.19. The smallest absolute Gasteiger partial charge is 0.124 e. The normalized spacial score (nSPS) is 25.8. The summed E-state index contributed by atoms with van der Waals surface area (Å²) in [5, 5.41) is 7.90. The Morgan fingerprint density at radius 3 is 3.00 bits per heavy atom. The molecule has 0 unspecified atom stereocenters. The van der Waals surface area contributed by atoms with E-state index >= 15 is 0 Å². The molecule has 1 aromatic rings. The van der Waals surface area contributed by atoms with Crippen LogP contribution in [0.5, 0.6) is 0 Å². The second-order valence-corrected chi connectivity index (χ2v) is 4.11. The quantitative estimate of drug-likeness (QED) is 0.821. The fourth-order valence-corrected chi connectivity index (χ4v) is 1.95. The van der Waals surface area contributed by atoms with Crippen molar-refractivity contribution in [3.8, 4) is 0 Å². The lowest BCUT2D eigenvalue weighted by Gasteiger charge is -2.16. The molecule has 1 aromatic heterocycles. The first-order chi connectivity index (χ1) is 7.20. The van der Waals surface area contributed by atoms with Gasteiger partial charge in [-0.15, -0.1) is 0 Å². The first-order valence-electron chi connectivity index (χ1n) is 5.61. The van der Waals surface area contributed by atoms with E-state index in [2.05, 4.69) is 30.3 Å². The summed E-state index contributed by atoms with van der Waals surface area (Å²) < 4.78 is 7.43. The van der Waals surface area contributed by atoms with Gasteiger partial charge in [-0.1, -0.05) is 6.92 Å². The summed E-state index contributed by atoms with van der Waals surface area (Å²) in [7, 11) is 1.97. The molecule has 4 heteroatoms. The maximum absolute atomic E-state index is 5.52. The van der Waals surface area contributed by atoms with Crippen molar-refractivity contribution in [2.45, 2.75) is 38.8 Å². The monoisotopic (exact) mass is 209 g/mol. The van der Waals surface area contributed by atoms with Crippen LogP contribution in [-0.2, 0) is 18.2 Å². The molecule has 0 radical (unpaired) electrons. The predicted octanol–water partition coefficient (Wildman–Crippen LogP) is 1.57. The van der Waals surface area contributed by atoms with E-state index in [1.54, 1.807) is 0 Å². The Morgan fingerprint density at radius 1 is 1.67 bits per heavy atom. The molecule has 0 spiro atoms. The molecular weight excluding hydrogens is 190 g/mol. The maximum Gasteiger partial charge on any atom is 0.124 e. The highest BCUT2D eigenvalue weighted by atomic mass is 16.5. The molecule has 1 aliphatic heterocycles. The minimum absolute atomic E-state index is 0.296. The molecule has 1 fully saturated rings. The van der Waals surface area contributed by atoms with Crippen molar-refractivity contribution in [1.82, 2.24) is 9.78 Å². The lowest BCUT2D eigenvalue weighted by atomic mass is 10.1. The Labute approximate surface area is 90.6 Å². The number of hydrogen-bond acceptors (Lipinski definition) is 3. The van der Waals surface area contributed by atoms with Crippen LogP contribution in [0.2, 0.25) is 0 Å². The summed E-state index contributed by atoms with van der Waals surface area (Å²) in [6, 6.07) is 2.54. The Kier molecular flexibility index (Phi) is 2.95. The van der Waals surface area contributed by atoms with E-state index in [0.717, 1.165) is 31.0 Å². The summed E-state index contributed by atoms with van der Waals surface area (Å²) in [5.74, 6) is 1.09. The van der Waals surface area contributed by atoms with Crippen LogP contribution in [0.15, 0.2) is 6.07 Å². The molecule has 1 saturated heterocycles. The molecule has 0 aromatic carbocycles. The summed E-state index contributed by atoms with van der Waals surface area (Å²) in [6.45, 7) is 5.09. The van der Waals surface area contributed by atoms with Gasteiger partial charge in [0.15, 0.2) is 0 Å². The van der Waals surface area contributed by atoms with E-state index in [1.165, 1.54) is 0 Å². The maximum atomic E-state index is 5.52. The Bertz CT molecular complexity index is 335. The van der Waals surface area contributed by atoms with Crippen LogP contribution >= 0.6 is 0 Å². The first kappa shape index (κ1) is 10.5. The summed E-state index contributed by atoms with van der Waals surface area (Å²) in [6.07, 6.45) is 2.35. The largest absolute Gasteiger partial charge is 0.376 e. The minimum atomic E-state index is 0.296. The summed E-state index contributed by atoms with van der Waals surface area (Å²) in [4.78, 5) is 0. The molecule has 0 bridgehead atoms. The molecule has 4 nitrogen and oxygen atoms in total.